The number of hydrogen-bond acceptors (Lipinski definition) is 5. The minimum absolute atomic E-state index is 0.0817. The minimum atomic E-state index is -1.21. The number of carboxylic acids is 1. The van der Waals surface area contributed by atoms with Crippen molar-refractivity contribution in [2.24, 2.45) is 0 Å². The number of halogens is 1. The Hall–Kier alpha value is -3.30. The number of carbonyl (C=O) groups is 1. The SMILES string of the molecule is COCC(C)(C)c1c([C@H]2CC[C@](C)(C(=O)O)OC2)c2nc3[nH]ncc3cc2n1-c1ccc(F)c(C)c1. The number of aliphatic carboxylic acids is 1. The van der Waals surface area contributed by atoms with Crippen LogP contribution < -0.4 is 0 Å². The van der Waals surface area contributed by atoms with Crippen molar-refractivity contribution in [2.45, 2.75) is 57.5 Å². The molecule has 1 aliphatic rings. The molecule has 0 unspecified atom stereocenters. The summed E-state index contributed by atoms with van der Waals surface area (Å²) in [6, 6.07) is 7.13. The van der Waals surface area contributed by atoms with E-state index in [0.29, 0.717) is 30.7 Å². The average Bonchev–Trinajstić information content (AvgIpc) is 3.42. The van der Waals surface area contributed by atoms with Gasteiger partial charge >= 0.3 is 5.97 Å². The van der Waals surface area contributed by atoms with Crippen molar-refractivity contribution in [3.05, 3.63) is 53.1 Å². The molecule has 3 aromatic heterocycles. The molecule has 5 rings (SSSR count). The average molecular weight is 495 g/mol. The Balaban J connectivity index is 1.82. The third-order valence-corrected chi connectivity index (χ3v) is 7.36. The Kier molecular flexibility index (Phi) is 5.88. The van der Waals surface area contributed by atoms with Gasteiger partial charge in [-0.15, -0.1) is 0 Å². The highest BCUT2D eigenvalue weighted by atomic mass is 19.1. The fourth-order valence-electron chi connectivity index (χ4n) is 5.40. The van der Waals surface area contributed by atoms with Crippen LogP contribution in [0.3, 0.4) is 0 Å². The molecule has 0 spiro atoms. The van der Waals surface area contributed by atoms with Gasteiger partial charge in [0.1, 0.15) is 5.82 Å². The predicted octanol–water partition coefficient (Wildman–Crippen LogP) is 5.01. The molecule has 4 aromatic rings. The largest absolute Gasteiger partial charge is 0.479 e. The Morgan fingerprint density at radius 1 is 1.39 bits per heavy atom. The zero-order valence-corrected chi connectivity index (χ0v) is 21.2. The van der Waals surface area contributed by atoms with Crippen LogP contribution in [0.2, 0.25) is 0 Å². The van der Waals surface area contributed by atoms with E-state index >= 15 is 0 Å². The van der Waals surface area contributed by atoms with Gasteiger partial charge in [-0.2, -0.15) is 5.10 Å². The van der Waals surface area contributed by atoms with Gasteiger partial charge in [-0.1, -0.05) is 13.8 Å². The van der Waals surface area contributed by atoms with Gasteiger partial charge in [0.05, 0.1) is 30.4 Å². The molecule has 1 saturated heterocycles. The van der Waals surface area contributed by atoms with Gasteiger partial charge in [0.15, 0.2) is 11.2 Å². The zero-order valence-electron chi connectivity index (χ0n) is 21.2. The Labute approximate surface area is 208 Å². The third kappa shape index (κ3) is 3.87. The number of pyridine rings is 1. The van der Waals surface area contributed by atoms with Gasteiger partial charge in [-0.3, -0.25) is 5.10 Å². The minimum Gasteiger partial charge on any atom is -0.479 e. The van der Waals surface area contributed by atoms with Gasteiger partial charge in [-0.05, 0) is 56.5 Å². The third-order valence-electron chi connectivity index (χ3n) is 7.36. The predicted molar refractivity (Wildman–Crippen MR) is 134 cm³/mol. The molecule has 2 N–H and O–H groups in total. The van der Waals surface area contributed by atoms with E-state index in [9.17, 15) is 14.3 Å². The van der Waals surface area contributed by atoms with Crippen LogP contribution >= 0.6 is 0 Å². The number of hydrogen-bond donors (Lipinski definition) is 2. The molecule has 0 amide bonds. The number of benzene rings is 1. The van der Waals surface area contributed by atoms with Crippen LogP contribution in [0.1, 0.15) is 56.4 Å². The number of aromatic nitrogens is 4. The van der Waals surface area contributed by atoms with Crippen molar-refractivity contribution in [3.8, 4) is 5.69 Å². The van der Waals surface area contributed by atoms with Gasteiger partial charge in [0, 0.05) is 40.8 Å². The van der Waals surface area contributed by atoms with E-state index in [1.54, 1.807) is 33.2 Å². The molecule has 4 heterocycles. The van der Waals surface area contributed by atoms with Crippen LogP contribution in [-0.4, -0.2) is 56.7 Å². The number of carboxylic acid groups (broad SMARTS) is 1. The second-order valence-electron chi connectivity index (χ2n) is 10.6. The number of rotatable bonds is 6. The number of H-pyrrole nitrogens is 1. The number of fused-ring (bicyclic) bond motifs is 2. The first-order chi connectivity index (χ1) is 17.1. The van der Waals surface area contributed by atoms with Crippen LogP contribution in [0.5, 0.6) is 0 Å². The summed E-state index contributed by atoms with van der Waals surface area (Å²) in [5.41, 5.74) is 4.02. The van der Waals surface area contributed by atoms with Crippen molar-refractivity contribution in [1.82, 2.24) is 19.7 Å². The summed E-state index contributed by atoms with van der Waals surface area (Å²) >= 11 is 0. The number of aromatic amines is 1. The number of methoxy groups -OCH3 is 1. The fourth-order valence-corrected chi connectivity index (χ4v) is 5.40. The smallest absolute Gasteiger partial charge is 0.335 e. The standard InChI is InChI=1S/C27H31FN4O4/c1-15-10-18(6-7-19(15)28)32-20-11-17-12-29-31-24(17)30-22(20)21(23(32)26(2,3)14-35-5)16-8-9-27(4,25(33)34)36-13-16/h6-7,10-12,16H,8-9,13-14H2,1-5H3,(H,33,34)(H,29,30,31)/t16-,27+/m0/s1. The van der Waals surface area contributed by atoms with E-state index in [1.807, 2.05) is 12.1 Å². The molecule has 1 aromatic carbocycles. The van der Waals surface area contributed by atoms with E-state index < -0.39 is 17.0 Å². The maximum atomic E-state index is 14.3. The normalized spacial score (nSPS) is 20.9. The van der Waals surface area contributed by atoms with Crippen molar-refractivity contribution in [2.75, 3.05) is 20.3 Å². The van der Waals surface area contributed by atoms with Crippen molar-refractivity contribution in [1.29, 1.82) is 0 Å². The molecule has 0 saturated carbocycles. The van der Waals surface area contributed by atoms with Crippen molar-refractivity contribution in [3.63, 3.8) is 0 Å². The van der Waals surface area contributed by atoms with Gasteiger partial charge < -0.3 is 19.1 Å². The summed E-state index contributed by atoms with van der Waals surface area (Å²) in [5.74, 6) is -1.30. The quantitative estimate of drug-likeness (QED) is 0.391. The molecular formula is C27H31FN4O4. The first kappa shape index (κ1) is 24.4. The summed E-state index contributed by atoms with van der Waals surface area (Å²) in [6.07, 6.45) is 2.74. The molecule has 2 atom stereocenters. The summed E-state index contributed by atoms with van der Waals surface area (Å²) in [5, 5.41) is 17.7. The van der Waals surface area contributed by atoms with Crippen molar-refractivity contribution < 1.29 is 23.8 Å². The molecule has 1 fully saturated rings. The molecule has 8 nitrogen and oxygen atoms in total. The first-order valence-electron chi connectivity index (χ1n) is 12.1. The van der Waals surface area contributed by atoms with Crippen LogP contribution in [0.25, 0.3) is 27.8 Å². The second-order valence-corrected chi connectivity index (χ2v) is 10.6. The Bertz CT molecular complexity index is 1460. The molecule has 1 aliphatic heterocycles. The Morgan fingerprint density at radius 2 is 2.17 bits per heavy atom. The topological polar surface area (TPSA) is 102 Å². The lowest BCUT2D eigenvalue weighted by atomic mass is 9.80. The molecule has 0 aliphatic carbocycles. The number of nitrogens with zero attached hydrogens (tertiary/aromatic N) is 3. The van der Waals surface area contributed by atoms with E-state index in [2.05, 4.69) is 28.6 Å². The second kappa shape index (κ2) is 8.67. The lowest BCUT2D eigenvalue weighted by Gasteiger charge is -2.36. The fraction of sp³-hybridized carbons (Fsp3) is 0.444. The van der Waals surface area contributed by atoms with Crippen LogP contribution in [0.4, 0.5) is 4.39 Å². The summed E-state index contributed by atoms with van der Waals surface area (Å²) in [7, 11) is 1.67. The van der Waals surface area contributed by atoms with Crippen LogP contribution in [0, 0.1) is 12.7 Å². The number of nitrogens with one attached hydrogen (secondary N) is 1. The summed E-state index contributed by atoms with van der Waals surface area (Å²) in [4.78, 5) is 16.8. The van der Waals surface area contributed by atoms with Gasteiger partial charge in [-0.25, -0.2) is 14.2 Å². The maximum Gasteiger partial charge on any atom is 0.335 e. The highest BCUT2D eigenvalue weighted by molar-refractivity contribution is 5.94. The lowest BCUT2D eigenvalue weighted by Crippen LogP contribution is -2.43. The molecular weight excluding hydrogens is 463 g/mol. The van der Waals surface area contributed by atoms with E-state index in [1.165, 1.54) is 6.07 Å². The molecule has 0 radical (unpaired) electrons. The lowest BCUT2D eigenvalue weighted by molar-refractivity contribution is -0.170. The van der Waals surface area contributed by atoms with Crippen LogP contribution in [-0.2, 0) is 19.7 Å². The van der Waals surface area contributed by atoms with Gasteiger partial charge in [0.2, 0.25) is 0 Å². The molecule has 190 valence electrons. The summed E-state index contributed by atoms with van der Waals surface area (Å²) in [6.45, 7) is 8.29. The molecule has 0 bridgehead atoms. The number of ether oxygens (including phenoxy) is 2. The van der Waals surface area contributed by atoms with Crippen molar-refractivity contribution >= 4 is 28.0 Å². The van der Waals surface area contributed by atoms with E-state index in [0.717, 1.165) is 33.4 Å². The van der Waals surface area contributed by atoms with E-state index in [4.69, 9.17) is 14.5 Å². The molecule has 9 heteroatoms. The zero-order chi connectivity index (χ0) is 25.8. The molecule has 36 heavy (non-hydrogen) atoms. The van der Waals surface area contributed by atoms with E-state index in [-0.39, 0.29) is 18.3 Å². The maximum absolute atomic E-state index is 14.3. The van der Waals surface area contributed by atoms with Gasteiger partial charge in [0.25, 0.3) is 0 Å². The summed E-state index contributed by atoms with van der Waals surface area (Å²) < 4.78 is 28.0. The number of aryl methyl sites for hydroxylation is 1. The highest BCUT2D eigenvalue weighted by Gasteiger charge is 2.42. The Morgan fingerprint density at radius 3 is 2.81 bits per heavy atom. The van der Waals surface area contributed by atoms with Crippen LogP contribution in [0.15, 0.2) is 30.5 Å². The monoisotopic (exact) mass is 494 g/mol. The highest BCUT2D eigenvalue weighted by Crippen LogP contribution is 2.45. The first-order valence-corrected chi connectivity index (χ1v) is 12.1.